The van der Waals surface area contributed by atoms with Gasteiger partial charge in [0.2, 0.25) is 0 Å². The van der Waals surface area contributed by atoms with Crippen LogP contribution in [0.15, 0.2) is 23.3 Å². The Morgan fingerprint density at radius 1 is 0.972 bits per heavy atom. The van der Waals surface area contributed by atoms with E-state index in [-0.39, 0.29) is 6.61 Å². The lowest BCUT2D eigenvalue weighted by molar-refractivity contribution is -0.150. The lowest BCUT2D eigenvalue weighted by Crippen LogP contribution is -2.43. The Morgan fingerprint density at radius 3 is 2.17 bits per heavy atom. The fourth-order valence-electron chi connectivity index (χ4n) is 5.20. The maximum absolute atomic E-state index is 12.9. The highest BCUT2D eigenvalue weighted by Gasteiger charge is 2.68. The van der Waals surface area contributed by atoms with Gasteiger partial charge in [0, 0.05) is 40.7 Å². The highest BCUT2D eigenvalue weighted by molar-refractivity contribution is 5.76. The maximum Gasteiger partial charge on any atom is 0.312 e. The number of rotatable bonds is 5. The minimum Gasteiger partial charge on any atom is -0.459 e. The molecular weight excluding hydrogens is 472 g/mol. The Kier molecular flexibility index (Phi) is 8.61. The second-order valence-corrected chi connectivity index (χ2v) is 9.86. The van der Waals surface area contributed by atoms with Gasteiger partial charge >= 0.3 is 23.9 Å². The van der Waals surface area contributed by atoms with Crippen molar-refractivity contribution in [1.29, 1.82) is 0 Å². The molecule has 0 bridgehead atoms. The fraction of sp³-hybridized carbons (Fsp3) is 0.692. The third kappa shape index (κ3) is 5.98. The Bertz CT molecular complexity index is 952. The van der Waals surface area contributed by atoms with Crippen LogP contribution in [0.3, 0.4) is 0 Å². The average molecular weight is 509 g/mol. The van der Waals surface area contributed by atoms with Crippen molar-refractivity contribution < 1.29 is 47.6 Å². The van der Waals surface area contributed by atoms with E-state index in [1.54, 1.807) is 13.8 Å². The highest BCUT2D eigenvalue weighted by atomic mass is 16.7. The van der Waals surface area contributed by atoms with E-state index in [4.69, 9.17) is 28.4 Å². The number of hydrogen-bond donors (Lipinski definition) is 0. The molecule has 36 heavy (non-hydrogen) atoms. The quantitative estimate of drug-likeness (QED) is 0.236. The normalized spacial score (nSPS) is 39.2. The summed E-state index contributed by atoms with van der Waals surface area (Å²) < 4.78 is 34.1. The number of methoxy groups -OCH3 is 1. The zero-order valence-electron chi connectivity index (χ0n) is 21.9. The molecule has 2 aliphatic heterocycles. The van der Waals surface area contributed by atoms with Gasteiger partial charge in [0.15, 0.2) is 0 Å². The Hall–Kier alpha value is -2.72. The lowest BCUT2D eigenvalue weighted by atomic mass is 9.79. The first kappa shape index (κ1) is 27.9. The summed E-state index contributed by atoms with van der Waals surface area (Å²) in [4.78, 5) is 48.8. The van der Waals surface area contributed by atoms with Crippen molar-refractivity contribution in [2.75, 3.05) is 13.7 Å². The molecule has 200 valence electrons. The summed E-state index contributed by atoms with van der Waals surface area (Å²) in [5.41, 5.74) is 0.513. The first-order chi connectivity index (χ1) is 16.9. The molecule has 0 aromatic heterocycles. The van der Waals surface area contributed by atoms with Gasteiger partial charge in [0.05, 0.1) is 18.4 Å². The Morgan fingerprint density at radius 2 is 1.58 bits per heavy atom. The van der Waals surface area contributed by atoms with Gasteiger partial charge in [-0.05, 0) is 31.9 Å². The largest absolute Gasteiger partial charge is 0.459 e. The minimum absolute atomic E-state index is 0.0680. The van der Waals surface area contributed by atoms with E-state index in [2.05, 4.69) is 0 Å². The summed E-state index contributed by atoms with van der Waals surface area (Å²) in [5.74, 6) is -3.22. The van der Waals surface area contributed by atoms with Gasteiger partial charge in [-0.25, -0.2) is 0 Å². The monoisotopic (exact) mass is 508 g/mol. The van der Waals surface area contributed by atoms with Crippen molar-refractivity contribution in [2.24, 2.45) is 11.8 Å². The number of carbonyl (C=O) groups excluding carboxylic acids is 4. The predicted molar refractivity (Wildman–Crippen MR) is 125 cm³/mol. The number of fused-ring (bicyclic) bond motifs is 3. The van der Waals surface area contributed by atoms with E-state index in [1.807, 2.05) is 19.1 Å². The number of esters is 4. The van der Waals surface area contributed by atoms with Crippen molar-refractivity contribution >= 4 is 23.9 Å². The van der Waals surface area contributed by atoms with Crippen LogP contribution in [-0.4, -0.2) is 73.7 Å². The summed E-state index contributed by atoms with van der Waals surface area (Å²) in [5, 5.41) is 0. The number of hydrogen-bond acceptors (Lipinski definition) is 10. The molecule has 0 aromatic carbocycles. The molecule has 0 saturated carbocycles. The van der Waals surface area contributed by atoms with Crippen LogP contribution < -0.4 is 0 Å². The first-order valence-corrected chi connectivity index (χ1v) is 12.1. The molecule has 0 radical (unpaired) electrons. The third-order valence-electron chi connectivity index (χ3n) is 7.09. The molecule has 10 nitrogen and oxygen atoms in total. The van der Waals surface area contributed by atoms with Gasteiger partial charge in [0.1, 0.15) is 36.1 Å². The maximum atomic E-state index is 12.9. The van der Waals surface area contributed by atoms with E-state index in [0.29, 0.717) is 18.4 Å². The van der Waals surface area contributed by atoms with E-state index < -0.39 is 71.8 Å². The Balaban J connectivity index is 2.12. The van der Waals surface area contributed by atoms with E-state index in [1.165, 1.54) is 27.9 Å². The predicted octanol–water partition coefficient (Wildman–Crippen LogP) is 2.43. The molecule has 0 aromatic rings. The molecule has 8 atom stereocenters. The summed E-state index contributed by atoms with van der Waals surface area (Å²) in [6.07, 6.45) is 0.897. The van der Waals surface area contributed by atoms with E-state index >= 15 is 0 Å². The Labute approximate surface area is 211 Å². The molecule has 2 saturated heterocycles. The number of ether oxygens (including phenoxy) is 6. The second-order valence-electron chi connectivity index (χ2n) is 9.86. The second kappa shape index (κ2) is 11.1. The SMILES string of the molecule is COC[C@@H]1C(=O)OC2[C@H]1[C@H](OC(C)=O)/C(C)=C/C[C@H](OC(C)=O)/C(C)=C/C[C@@H](OC(C)=O)[C@]1(C)O[C@@H]21. The van der Waals surface area contributed by atoms with Crippen LogP contribution in [0.5, 0.6) is 0 Å². The molecular formula is C26H36O10. The van der Waals surface area contributed by atoms with E-state index in [0.717, 1.165) is 5.57 Å². The molecule has 10 heteroatoms. The molecule has 0 spiro atoms. The molecule has 0 amide bonds. The standard InChI is InChI=1S/C26H36O10/c1-13-9-11-20(33-16(4)28)26(6)24(36-26)23-21(18(12-31-7)25(30)35-23)22(34-17(5)29)14(2)8-10-19(13)32-15(3)27/h8-9,18-24H,10-12H2,1-7H3/b13-9+,14-8+/t18-,19-,20+,21+,22+,23?,24-,26-/m0/s1. The van der Waals surface area contributed by atoms with E-state index in [9.17, 15) is 19.2 Å². The van der Waals surface area contributed by atoms with Crippen LogP contribution in [-0.2, 0) is 47.6 Å². The third-order valence-corrected chi connectivity index (χ3v) is 7.09. The molecule has 2 fully saturated rings. The highest BCUT2D eigenvalue weighted by Crippen LogP contribution is 2.51. The summed E-state index contributed by atoms with van der Waals surface area (Å²) in [6, 6.07) is 0. The zero-order valence-corrected chi connectivity index (χ0v) is 21.9. The lowest BCUT2D eigenvalue weighted by Gasteiger charge is -2.30. The average Bonchev–Trinajstić information content (AvgIpc) is 3.37. The van der Waals surface area contributed by atoms with Gasteiger partial charge in [-0.2, -0.15) is 0 Å². The fourth-order valence-corrected chi connectivity index (χ4v) is 5.20. The minimum atomic E-state index is -0.947. The van der Waals surface area contributed by atoms with Crippen LogP contribution in [0.1, 0.15) is 54.4 Å². The number of epoxide rings is 1. The zero-order chi connectivity index (χ0) is 26.8. The molecule has 3 aliphatic rings. The number of carbonyl (C=O) groups is 4. The van der Waals surface area contributed by atoms with Crippen molar-refractivity contribution in [3.63, 3.8) is 0 Å². The van der Waals surface area contributed by atoms with Gasteiger partial charge < -0.3 is 28.4 Å². The van der Waals surface area contributed by atoms with Gasteiger partial charge in [-0.15, -0.1) is 0 Å². The summed E-state index contributed by atoms with van der Waals surface area (Å²) >= 11 is 0. The van der Waals surface area contributed by atoms with Crippen molar-refractivity contribution in [3.8, 4) is 0 Å². The van der Waals surface area contributed by atoms with Crippen LogP contribution in [0.25, 0.3) is 0 Å². The van der Waals surface area contributed by atoms with Gasteiger partial charge in [0.25, 0.3) is 0 Å². The summed E-state index contributed by atoms with van der Waals surface area (Å²) in [7, 11) is 1.48. The van der Waals surface area contributed by atoms with Gasteiger partial charge in [-0.1, -0.05) is 12.2 Å². The molecule has 0 N–H and O–H groups in total. The molecule has 2 heterocycles. The summed E-state index contributed by atoms with van der Waals surface area (Å²) in [6.45, 7) is 9.46. The van der Waals surface area contributed by atoms with Gasteiger partial charge in [-0.3, -0.25) is 19.2 Å². The molecule has 1 unspecified atom stereocenters. The topological polar surface area (TPSA) is 127 Å². The van der Waals surface area contributed by atoms with Crippen molar-refractivity contribution in [3.05, 3.63) is 23.3 Å². The van der Waals surface area contributed by atoms with Crippen LogP contribution in [0.2, 0.25) is 0 Å². The van der Waals surface area contributed by atoms with Crippen LogP contribution in [0, 0.1) is 11.8 Å². The first-order valence-electron chi connectivity index (χ1n) is 12.1. The van der Waals surface area contributed by atoms with Crippen LogP contribution in [0.4, 0.5) is 0 Å². The molecule has 3 rings (SSSR count). The van der Waals surface area contributed by atoms with Crippen LogP contribution >= 0.6 is 0 Å². The van der Waals surface area contributed by atoms with Crippen molar-refractivity contribution in [1.82, 2.24) is 0 Å². The molecule has 1 aliphatic carbocycles. The smallest absolute Gasteiger partial charge is 0.312 e. The van der Waals surface area contributed by atoms with Crippen molar-refractivity contribution in [2.45, 2.75) is 90.5 Å².